The molecule has 3 heterocycles. The van der Waals surface area contributed by atoms with Crippen LogP contribution in [0, 0.1) is 0 Å². The molecule has 28 heavy (non-hydrogen) atoms. The van der Waals surface area contributed by atoms with Gasteiger partial charge >= 0.3 is 0 Å². The van der Waals surface area contributed by atoms with Crippen molar-refractivity contribution in [2.24, 2.45) is 0 Å². The van der Waals surface area contributed by atoms with Gasteiger partial charge in [0.2, 0.25) is 0 Å². The molecule has 2 aromatic rings. The molecule has 2 aliphatic heterocycles. The van der Waals surface area contributed by atoms with Crippen LogP contribution in [0.15, 0.2) is 30.6 Å². The first-order valence-electron chi connectivity index (χ1n) is 10.1. The molecule has 2 aliphatic rings. The number of imidazole rings is 1. The normalized spacial score (nSPS) is 18.9. The highest BCUT2D eigenvalue weighted by atomic mass is 16.5. The van der Waals surface area contributed by atoms with Crippen LogP contribution in [0.5, 0.6) is 11.5 Å². The van der Waals surface area contributed by atoms with Crippen LogP contribution < -0.4 is 9.47 Å². The van der Waals surface area contributed by atoms with Gasteiger partial charge in [-0.25, -0.2) is 4.98 Å². The van der Waals surface area contributed by atoms with Gasteiger partial charge in [0.05, 0.1) is 25.9 Å². The molecule has 0 unspecified atom stereocenters. The van der Waals surface area contributed by atoms with E-state index in [1.807, 2.05) is 18.3 Å². The molecule has 0 spiro atoms. The Balaban J connectivity index is 1.55. The molecule has 4 rings (SSSR count). The molecular formula is C21H29N3O4. The lowest BCUT2D eigenvalue weighted by Gasteiger charge is -2.27. The second-order valence-electron chi connectivity index (χ2n) is 7.14. The molecule has 2 fully saturated rings. The number of ether oxygens (including phenoxy) is 4. The predicted molar refractivity (Wildman–Crippen MR) is 106 cm³/mol. The molecule has 152 valence electrons. The summed E-state index contributed by atoms with van der Waals surface area (Å²) in [5, 5.41) is 0. The zero-order valence-electron chi connectivity index (χ0n) is 16.5. The van der Waals surface area contributed by atoms with E-state index in [2.05, 4.69) is 26.7 Å². The Labute approximate surface area is 166 Å². The van der Waals surface area contributed by atoms with Gasteiger partial charge in [-0.15, -0.1) is 0 Å². The molecule has 0 saturated carbocycles. The first kappa shape index (κ1) is 19.2. The summed E-state index contributed by atoms with van der Waals surface area (Å²) < 4.78 is 25.0. The van der Waals surface area contributed by atoms with E-state index in [0.717, 1.165) is 81.8 Å². The average molecular weight is 387 g/mol. The van der Waals surface area contributed by atoms with Gasteiger partial charge in [0.1, 0.15) is 12.4 Å². The first-order valence-corrected chi connectivity index (χ1v) is 10.1. The topological polar surface area (TPSA) is 58.0 Å². The van der Waals surface area contributed by atoms with Gasteiger partial charge in [-0.2, -0.15) is 0 Å². The van der Waals surface area contributed by atoms with Gasteiger partial charge in [-0.05, 0) is 25.0 Å². The SMILES string of the molecule is COc1cccc(-c2nccn2C2CCOCC2)c1OCCN1CCOCC1. The van der Waals surface area contributed by atoms with Gasteiger partial charge in [-0.3, -0.25) is 4.90 Å². The number of rotatable bonds is 7. The Morgan fingerprint density at radius 3 is 2.68 bits per heavy atom. The van der Waals surface area contributed by atoms with E-state index in [4.69, 9.17) is 18.9 Å². The van der Waals surface area contributed by atoms with Crippen LogP contribution in [0.2, 0.25) is 0 Å². The summed E-state index contributed by atoms with van der Waals surface area (Å²) in [5.41, 5.74) is 0.970. The molecule has 0 bridgehead atoms. The Morgan fingerprint density at radius 2 is 1.89 bits per heavy atom. The van der Waals surface area contributed by atoms with Crippen molar-refractivity contribution in [2.75, 3.05) is 59.8 Å². The third-order valence-corrected chi connectivity index (χ3v) is 5.45. The molecule has 1 aromatic carbocycles. The molecule has 0 aliphatic carbocycles. The van der Waals surface area contributed by atoms with Gasteiger partial charge in [0.25, 0.3) is 0 Å². The van der Waals surface area contributed by atoms with Gasteiger partial charge in [0, 0.05) is 51.3 Å². The van der Waals surface area contributed by atoms with Crippen molar-refractivity contribution < 1.29 is 18.9 Å². The van der Waals surface area contributed by atoms with Crippen molar-refractivity contribution in [3.63, 3.8) is 0 Å². The van der Waals surface area contributed by atoms with Crippen molar-refractivity contribution in [1.29, 1.82) is 0 Å². The van der Waals surface area contributed by atoms with E-state index >= 15 is 0 Å². The van der Waals surface area contributed by atoms with Crippen LogP contribution in [-0.4, -0.2) is 74.2 Å². The smallest absolute Gasteiger partial charge is 0.172 e. The number of aromatic nitrogens is 2. The fourth-order valence-corrected chi connectivity index (χ4v) is 3.88. The molecule has 2 saturated heterocycles. The summed E-state index contributed by atoms with van der Waals surface area (Å²) in [6, 6.07) is 6.39. The average Bonchev–Trinajstić information content (AvgIpc) is 3.25. The second-order valence-corrected chi connectivity index (χ2v) is 7.14. The molecular weight excluding hydrogens is 358 g/mol. The van der Waals surface area contributed by atoms with Crippen molar-refractivity contribution in [3.05, 3.63) is 30.6 Å². The van der Waals surface area contributed by atoms with Crippen molar-refractivity contribution >= 4 is 0 Å². The second kappa shape index (κ2) is 9.41. The summed E-state index contributed by atoms with van der Waals surface area (Å²) >= 11 is 0. The standard InChI is InChI=1S/C21H29N3O4/c1-25-19-4-2-3-18(20(19)28-16-11-23-9-14-27-15-10-23)21-22-7-8-24(21)17-5-12-26-13-6-17/h2-4,7-8,17H,5-6,9-16H2,1H3. The Morgan fingerprint density at radius 1 is 1.11 bits per heavy atom. The Hall–Kier alpha value is -2.09. The molecule has 0 radical (unpaired) electrons. The van der Waals surface area contributed by atoms with Crippen LogP contribution in [-0.2, 0) is 9.47 Å². The lowest BCUT2D eigenvalue weighted by atomic mass is 10.1. The highest BCUT2D eigenvalue weighted by Gasteiger charge is 2.22. The van der Waals surface area contributed by atoms with Crippen molar-refractivity contribution in [1.82, 2.24) is 14.5 Å². The number of hydrogen-bond donors (Lipinski definition) is 0. The monoisotopic (exact) mass is 387 g/mol. The fraction of sp³-hybridized carbons (Fsp3) is 0.571. The minimum atomic E-state index is 0.402. The minimum Gasteiger partial charge on any atom is -0.493 e. The molecule has 1 aromatic heterocycles. The minimum absolute atomic E-state index is 0.402. The highest BCUT2D eigenvalue weighted by Crippen LogP contribution is 2.39. The third-order valence-electron chi connectivity index (χ3n) is 5.45. The largest absolute Gasteiger partial charge is 0.493 e. The summed E-state index contributed by atoms with van der Waals surface area (Å²) in [6.45, 7) is 6.56. The van der Waals surface area contributed by atoms with Gasteiger partial charge in [-0.1, -0.05) is 6.07 Å². The number of benzene rings is 1. The summed E-state index contributed by atoms with van der Waals surface area (Å²) in [7, 11) is 1.68. The van der Waals surface area contributed by atoms with E-state index in [-0.39, 0.29) is 0 Å². The van der Waals surface area contributed by atoms with E-state index in [0.29, 0.717) is 12.6 Å². The molecule has 0 amide bonds. The Kier molecular flexibility index (Phi) is 6.46. The van der Waals surface area contributed by atoms with Gasteiger partial charge in [0.15, 0.2) is 11.5 Å². The van der Waals surface area contributed by atoms with Gasteiger partial charge < -0.3 is 23.5 Å². The van der Waals surface area contributed by atoms with E-state index < -0.39 is 0 Å². The van der Waals surface area contributed by atoms with Crippen LogP contribution in [0.4, 0.5) is 0 Å². The molecule has 7 nitrogen and oxygen atoms in total. The number of methoxy groups -OCH3 is 1. The fourth-order valence-electron chi connectivity index (χ4n) is 3.88. The molecule has 0 N–H and O–H groups in total. The van der Waals surface area contributed by atoms with Crippen LogP contribution in [0.25, 0.3) is 11.4 Å². The number of nitrogens with zero attached hydrogens (tertiary/aromatic N) is 3. The van der Waals surface area contributed by atoms with E-state index in [1.54, 1.807) is 7.11 Å². The van der Waals surface area contributed by atoms with Crippen molar-refractivity contribution in [2.45, 2.75) is 18.9 Å². The summed E-state index contributed by atoms with van der Waals surface area (Å²) in [5.74, 6) is 2.42. The maximum Gasteiger partial charge on any atom is 0.172 e. The zero-order chi connectivity index (χ0) is 19.2. The van der Waals surface area contributed by atoms with E-state index in [9.17, 15) is 0 Å². The van der Waals surface area contributed by atoms with E-state index in [1.165, 1.54) is 0 Å². The quantitative estimate of drug-likeness (QED) is 0.728. The summed E-state index contributed by atoms with van der Waals surface area (Å²) in [4.78, 5) is 7.02. The third kappa shape index (κ3) is 4.32. The predicted octanol–water partition coefficient (Wildman–Crippen LogP) is 2.62. The maximum atomic E-state index is 6.24. The lowest BCUT2D eigenvalue weighted by molar-refractivity contribution is 0.0321. The highest BCUT2D eigenvalue weighted by molar-refractivity contribution is 5.69. The summed E-state index contributed by atoms with van der Waals surface area (Å²) in [6.07, 6.45) is 5.92. The molecule has 0 atom stereocenters. The lowest BCUT2D eigenvalue weighted by Crippen LogP contribution is -2.38. The number of hydrogen-bond acceptors (Lipinski definition) is 6. The Bertz CT molecular complexity index is 752. The number of morpholine rings is 1. The van der Waals surface area contributed by atoms with Crippen LogP contribution in [0.1, 0.15) is 18.9 Å². The van der Waals surface area contributed by atoms with Crippen LogP contribution >= 0.6 is 0 Å². The number of para-hydroxylation sites is 1. The first-order chi connectivity index (χ1) is 13.9. The molecule has 7 heteroatoms. The zero-order valence-corrected chi connectivity index (χ0v) is 16.5. The van der Waals surface area contributed by atoms with Crippen LogP contribution in [0.3, 0.4) is 0 Å². The van der Waals surface area contributed by atoms with Crippen molar-refractivity contribution in [3.8, 4) is 22.9 Å². The maximum absolute atomic E-state index is 6.24.